The van der Waals surface area contributed by atoms with Crippen molar-refractivity contribution >= 4 is 46.5 Å². The molecule has 0 amide bonds. The summed E-state index contributed by atoms with van der Waals surface area (Å²) in [6.45, 7) is -0.210. The summed E-state index contributed by atoms with van der Waals surface area (Å²) >= 11 is 0. The number of para-hydroxylation sites is 2. The fourth-order valence-corrected chi connectivity index (χ4v) is 3.78. The van der Waals surface area contributed by atoms with Gasteiger partial charge in [-0.1, -0.05) is 42.5 Å². The Morgan fingerprint density at radius 2 is 1.74 bits per heavy atom. The second-order valence-corrected chi connectivity index (χ2v) is 8.73. The van der Waals surface area contributed by atoms with Crippen LogP contribution in [0.4, 0.5) is 4.39 Å². The molecule has 1 heterocycles. The molecule has 0 bridgehead atoms. The van der Waals surface area contributed by atoms with Gasteiger partial charge in [-0.2, -0.15) is 0 Å². The van der Waals surface area contributed by atoms with Crippen LogP contribution >= 0.6 is 12.4 Å². The third-order valence-electron chi connectivity index (χ3n) is 5.57. The van der Waals surface area contributed by atoms with Crippen LogP contribution in [0.25, 0.3) is 22.4 Å². The molecule has 0 saturated carbocycles. The van der Waals surface area contributed by atoms with Gasteiger partial charge in [-0.05, 0) is 50.0 Å². The zero-order chi connectivity index (χ0) is 26.5. The van der Waals surface area contributed by atoms with E-state index in [2.05, 4.69) is 9.97 Å². The fraction of sp³-hybridized carbons (Fsp3) is 0.179. The van der Waals surface area contributed by atoms with E-state index in [1.165, 1.54) is 24.3 Å². The molecule has 0 aliphatic carbocycles. The number of halogens is 2. The van der Waals surface area contributed by atoms with Gasteiger partial charge in [0.25, 0.3) is 0 Å². The maximum Gasteiger partial charge on any atom is 0.320 e. The van der Waals surface area contributed by atoms with E-state index in [-0.39, 0.29) is 48.1 Å². The maximum absolute atomic E-state index is 13.9. The number of aromatic amines is 1. The number of hydrogen-bond donors (Lipinski definition) is 3. The zero-order valence-corrected chi connectivity index (χ0v) is 21.5. The molecule has 1 aromatic heterocycles. The van der Waals surface area contributed by atoms with Crippen LogP contribution in [0.3, 0.4) is 0 Å². The van der Waals surface area contributed by atoms with Crippen molar-refractivity contribution < 1.29 is 28.9 Å². The van der Waals surface area contributed by atoms with Gasteiger partial charge >= 0.3 is 5.97 Å². The van der Waals surface area contributed by atoms with Crippen molar-refractivity contribution in [1.82, 2.24) is 14.9 Å². The highest BCUT2D eigenvalue weighted by Crippen LogP contribution is 2.29. The molecule has 0 radical (unpaired) electrons. The van der Waals surface area contributed by atoms with Gasteiger partial charge in [-0.25, -0.2) is 9.37 Å². The number of allylic oxidation sites excluding steroid dienone is 1. The number of aliphatic hydroxyl groups excluding tert-OH is 2. The van der Waals surface area contributed by atoms with E-state index in [1.54, 1.807) is 61.5 Å². The van der Waals surface area contributed by atoms with Gasteiger partial charge < -0.3 is 19.9 Å². The highest BCUT2D eigenvalue weighted by atomic mass is 35.5. The van der Waals surface area contributed by atoms with Crippen LogP contribution in [0.5, 0.6) is 0 Å². The van der Waals surface area contributed by atoms with Gasteiger partial charge in [0, 0.05) is 11.1 Å². The third-order valence-corrected chi connectivity index (χ3v) is 5.57. The Hall–Kier alpha value is -4.05. The Bertz CT molecular complexity index is 1450. The van der Waals surface area contributed by atoms with Crippen molar-refractivity contribution in [1.29, 1.82) is 0 Å². The number of ketones is 1. The van der Waals surface area contributed by atoms with Gasteiger partial charge in [0.15, 0.2) is 0 Å². The molecule has 3 N–H and O–H groups in total. The lowest BCUT2D eigenvalue weighted by Crippen LogP contribution is -2.25. The van der Waals surface area contributed by atoms with Crippen molar-refractivity contribution in [3.05, 3.63) is 101 Å². The molecule has 1 atom stereocenters. The number of ether oxygens (including phenoxy) is 1. The smallest absolute Gasteiger partial charge is 0.320 e. The first-order chi connectivity index (χ1) is 17.7. The number of imidazole rings is 1. The average molecular weight is 540 g/mol. The summed E-state index contributed by atoms with van der Waals surface area (Å²) in [6.07, 6.45) is -1.16. The van der Waals surface area contributed by atoms with Crippen molar-refractivity contribution in [2.24, 2.45) is 0 Å². The van der Waals surface area contributed by atoms with E-state index in [0.29, 0.717) is 16.6 Å². The number of Topliss-reactive ketones (excluding diaryl/α,β-unsaturated/α-hetero) is 1. The molecular formula is C28H27ClFN3O5. The Morgan fingerprint density at radius 1 is 1.03 bits per heavy atom. The van der Waals surface area contributed by atoms with Gasteiger partial charge in [0.2, 0.25) is 5.78 Å². The zero-order valence-electron chi connectivity index (χ0n) is 20.7. The standard InChI is InChI=1S/C28H26FN3O5.ClH/c1-32(2)15-24(34)37-16-23(33)17-7-5-8-18(13-17)26(35)25(27(36)19-9-6-10-20(29)14-19)28-30-21-11-3-4-12-22(21)31-28;/h3-14,23,33,35H,15-16H2,1-2H3,(H,30,31);1H/b26-25-;. The van der Waals surface area contributed by atoms with Crippen LogP contribution in [-0.2, 0) is 9.53 Å². The molecule has 8 nitrogen and oxygen atoms in total. The van der Waals surface area contributed by atoms with E-state index in [1.807, 2.05) is 0 Å². The molecule has 0 saturated heterocycles. The summed E-state index contributed by atoms with van der Waals surface area (Å²) in [5.41, 5.74) is 1.69. The molecule has 4 rings (SSSR count). The first-order valence-corrected chi connectivity index (χ1v) is 11.5. The van der Waals surface area contributed by atoms with Crippen LogP contribution in [0.15, 0.2) is 72.8 Å². The molecule has 0 aliphatic rings. The minimum Gasteiger partial charge on any atom is -0.506 e. The van der Waals surface area contributed by atoms with E-state index >= 15 is 0 Å². The summed E-state index contributed by atoms with van der Waals surface area (Å²) in [6, 6.07) is 18.5. The molecule has 0 fully saturated rings. The molecule has 0 spiro atoms. The molecular weight excluding hydrogens is 513 g/mol. The summed E-state index contributed by atoms with van der Waals surface area (Å²) < 4.78 is 19.0. The van der Waals surface area contributed by atoms with E-state index in [0.717, 1.165) is 6.07 Å². The first-order valence-electron chi connectivity index (χ1n) is 11.5. The average Bonchev–Trinajstić information content (AvgIpc) is 3.30. The number of benzene rings is 3. The van der Waals surface area contributed by atoms with Crippen LogP contribution in [0.1, 0.15) is 33.4 Å². The van der Waals surface area contributed by atoms with Crippen molar-refractivity contribution in [3.8, 4) is 0 Å². The Morgan fingerprint density at radius 3 is 2.45 bits per heavy atom. The summed E-state index contributed by atoms with van der Waals surface area (Å²) in [5.74, 6) is -2.03. The third kappa shape index (κ3) is 6.63. The Balaban J connectivity index is 0.00000400. The number of carbonyl (C=O) groups excluding carboxylic acids is 2. The molecule has 3 aromatic carbocycles. The maximum atomic E-state index is 13.9. The Labute approximate surface area is 224 Å². The lowest BCUT2D eigenvalue weighted by atomic mass is 9.97. The number of hydrogen-bond acceptors (Lipinski definition) is 7. The van der Waals surface area contributed by atoms with Gasteiger partial charge in [-0.15, -0.1) is 12.4 Å². The highest BCUT2D eigenvalue weighted by molar-refractivity contribution is 6.33. The van der Waals surface area contributed by atoms with Gasteiger partial charge in [0.1, 0.15) is 35.7 Å². The summed E-state index contributed by atoms with van der Waals surface area (Å²) in [7, 11) is 3.45. The number of nitrogens with one attached hydrogen (secondary N) is 1. The Kier molecular flexibility index (Phi) is 9.35. The number of fused-ring (bicyclic) bond motifs is 1. The molecule has 198 valence electrons. The monoisotopic (exact) mass is 539 g/mol. The van der Waals surface area contributed by atoms with Crippen LogP contribution in [-0.4, -0.2) is 64.1 Å². The van der Waals surface area contributed by atoms with E-state index in [4.69, 9.17) is 4.74 Å². The predicted molar refractivity (Wildman–Crippen MR) is 144 cm³/mol. The first kappa shape index (κ1) is 28.5. The molecule has 1 unspecified atom stereocenters. The minimum absolute atomic E-state index is 0. The minimum atomic E-state index is -1.16. The number of rotatable bonds is 9. The number of carbonyl (C=O) groups is 2. The largest absolute Gasteiger partial charge is 0.506 e. The number of H-pyrrole nitrogens is 1. The number of aliphatic hydroxyl groups is 2. The van der Waals surface area contributed by atoms with Gasteiger partial charge in [0.05, 0.1) is 17.6 Å². The fourth-order valence-electron chi connectivity index (χ4n) is 3.78. The molecule has 38 heavy (non-hydrogen) atoms. The normalized spacial score (nSPS) is 12.6. The topological polar surface area (TPSA) is 116 Å². The van der Waals surface area contributed by atoms with Crippen molar-refractivity contribution in [2.75, 3.05) is 27.2 Å². The second-order valence-electron chi connectivity index (χ2n) is 8.73. The molecule has 4 aromatic rings. The molecule has 0 aliphatic heterocycles. The van der Waals surface area contributed by atoms with Crippen molar-refractivity contribution in [2.45, 2.75) is 6.10 Å². The lowest BCUT2D eigenvalue weighted by Gasteiger charge is -2.15. The van der Waals surface area contributed by atoms with Crippen LogP contribution in [0.2, 0.25) is 0 Å². The number of aromatic nitrogens is 2. The van der Waals surface area contributed by atoms with E-state index in [9.17, 15) is 24.2 Å². The number of esters is 1. The predicted octanol–water partition coefficient (Wildman–Crippen LogP) is 4.57. The lowest BCUT2D eigenvalue weighted by molar-refractivity contribution is -0.147. The van der Waals surface area contributed by atoms with Crippen molar-refractivity contribution in [3.63, 3.8) is 0 Å². The quantitative estimate of drug-likeness (QED) is 0.123. The summed E-state index contributed by atoms with van der Waals surface area (Å²) in [4.78, 5) is 34.5. The van der Waals surface area contributed by atoms with Crippen LogP contribution < -0.4 is 0 Å². The second kappa shape index (κ2) is 12.5. The number of nitrogens with zero attached hydrogens (tertiary/aromatic N) is 2. The highest BCUT2D eigenvalue weighted by Gasteiger charge is 2.24. The van der Waals surface area contributed by atoms with Gasteiger partial charge in [-0.3, -0.25) is 14.5 Å². The van der Waals surface area contributed by atoms with Crippen LogP contribution in [0, 0.1) is 5.82 Å². The SMILES string of the molecule is CN(C)CC(=O)OCC(O)c1cccc(/C(O)=C(\C(=O)c2cccc(F)c2)c2nc3ccccc3[nH]2)c1.Cl. The molecule has 10 heteroatoms. The van der Waals surface area contributed by atoms with E-state index < -0.39 is 29.4 Å². The number of likely N-dealkylation sites (N-methyl/N-ethyl adjacent to an activating group) is 1. The summed E-state index contributed by atoms with van der Waals surface area (Å²) in [5, 5.41) is 21.9.